The second-order valence-corrected chi connectivity index (χ2v) is 15.1. The summed E-state index contributed by atoms with van der Waals surface area (Å²) in [7, 11) is 0. The maximum atomic E-state index is 12.4. The van der Waals surface area contributed by atoms with Gasteiger partial charge in [0.25, 0.3) is 0 Å². The first-order valence-corrected chi connectivity index (χ1v) is 22.5. The fraction of sp³-hybridized carbons (Fsp3) is 0.771. The van der Waals surface area contributed by atoms with Crippen LogP contribution in [0.15, 0.2) is 60.8 Å². The molecule has 0 aliphatic heterocycles. The number of hydrogen-bond acceptors (Lipinski definition) is 3. The quantitative estimate of drug-likeness (QED) is 0.0435. The smallest absolute Gasteiger partial charge is 0.220 e. The van der Waals surface area contributed by atoms with Gasteiger partial charge in [-0.1, -0.05) is 203 Å². The minimum Gasteiger partial charge on any atom is -0.394 e. The Balaban J connectivity index is 3.61. The van der Waals surface area contributed by atoms with Crippen molar-refractivity contribution in [1.82, 2.24) is 5.32 Å². The standard InChI is InChI=1S/C48H87NO3/c1-3-5-7-9-11-13-15-17-19-20-21-22-23-24-25-26-27-28-30-32-34-36-38-40-42-44-48(52)49-46(45-50)47(51)43-41-39-37-35-33-31-29-18-16-14-12-10-8-6-4-2/h15,17,20-21,23-24,33,35,41,43,46-47,50-51H,3-14,16,18-19,22,25-32,34,36-40,42,44-45H2,1-2H3,(H,49,52)/b17-15-,21-20-,24-23-,35-33+,43-41+. The van der Waals surface area contributed by atoms with E-state index in [0.29, 0.717) is 6.42 Å². The molecule has 0 aromatic carbocycles. The van der Waals surface area contributed by atoms with Gasteiger partial charge in [-0.15, -0.1) is 0 Å². The third-order valence-corrected chi connectivity index (χ3v) is 9.97. The minimum atomic E-state index is -0.865. The normalized spacial score (nSPS) is 13.5. The van der Waals surface area contributed by atoms with Gasteiger partial charge in [0.05, 0.1) is 18.8 Å². The van der Waals surface area contributed by atoms with E-state index in [1.54, 1.807) is 6.08 Å². The van der Waals surface area contributed by atoms with E-state index in [2.05, 4.69) is 67.8 Å². The number of carbonyl (C=O) groups excluding carboxylic acids is 1. The number of rotatable bonds is 40. The van der Waals surface area contributed by atoms with Crippen LogP contribution in [0.1, 0.15) is 219 Å². The van der Waals surface area contributed by atoms with Crippen molar-refractivity contribution in [3.05, 3.63) is 60.8 Å². The van der Waals surface area contributed by atoms with E-state index in [9.17, 15) is 15.0 Å². The van der Waals surface area contributed by atoms with Crippen molar-refractivity contribution in [2.24, 2.45) is 0 Å². The molecule has 4 nitrogen and oxygen atoms in total. The molecule has 3 N–H and O–H groups in total. The molecule has 0 bridgehead atoms. The average Bonchev–Trinajstić information content (AvgIpc) is 3.15. The first-order chi connectivity index (χ1) is 25.7. The number of carbonyl (C=O) groups is 1. The second-order valence-electron chi connectivity index (χ2n) is 15.1. The summed E-state index contributed by atoms with van der Waals surface area (Å²) < 4.78 is 0. The van der Waals surface area contributed by atoms with Crippen molar-refractivity contribution >= 4 is 5.91 Å². The van der Waals surface area contributed by atoms with Crippen LogP contribution in [0.4, 0.5) is 0 Å². The zero-order valence-corrected chi connectivity index (χ0v) is 34.6. The lowest BCUT2D eigenvalue weighted by Gasteiger charge is -2.19. The molecule has 0 rings (SSSR count). The Morgan fingerprint density at radius 2 is 0.808 bits per heavy atom. The lowest BCUT2D eigenvalue weighted by atomic mass is 10.0. The van der Waals surface area contributed by atoms with E-state index >= 15 is 0 Å². The number of amides is 1. The summed E-state index contributed by atoms with van der Waals surface area (Å²) in [4.78, 5) is 12.4. The summed E-state index contributed by atoms with van der Waals surface area (Å²) in [5.74, 6) is -0.0799. The summed E-state index contributed by atoms with van der Waals surface area (Å²) in [5.41, 5.74) is 0. The van der Waals surface area contributed by atoms with Crippen molar-refractivity contribution < 1.29 is 15.0 Å². The van der Waals surface area contributed by atoms with E-state index in [-0.39, 0.29) is 12.5 Å². The van der Waals surface area contributed by atoms with Gasteiger partial charge < -0.3 is 15.5 Å². The molecule has 0 radical (unpaired) electrons. The van der Waals surface area contributed by atoms with Crippen molar-refractivity contribution in [3.63, 3.8) is 0 Å². The fourth-order valence-electron chi connectivity index (χ4n) is 6.49. The van der Waals surface area contributed by atoms with Crippen LogP contribution in [0.3, 0.4) is 0 Å². The van der Waals surface area contributed by atoms with Crippen molar-refractivity contribution in [2.75, 3.05) is 6.61 Å². The van der Waals surface area contributed by atoms with E-state index < -0.39 is 12.1 Å². The zero-order valence-electron chi connectivity index (χ0n) is 34.6. The Hall–Kier alpha value is -1.91. The predicted octanol–water partition coefficient (Wildman–Crippen LogP) is 14.1. The zero-order chi connectivity index (χ0) is 37.8. The summed E-state index contributed by atoms with van der Waals surface area (Å²) >= 11 is 0. The van der Waals surface area contributed by atoms with E-state index in [4.69, 9.17) is 0 Å². The Labute approximate surface area is 324 Å². The summed E-state index contributed by atoms with van der Waals surface area (Å²) in [6.45, 7) is 4.28. The lowest BCUT2D eigenvalue weighted by Crippen LogP contribution is -2.45. The van der Waals surface area contributed by atoms with E-state index in [0.717, 1.165) is 44.9 Å². The van der Waals surface area contributed by atoms with Crippen molar-refractivity contribution in [3.8, 4) is 0 Å². The molecule has 4 heteroatoms. The molecule has 1 amide bonds. The molecule has 0 heterocycles. The molecule has 2 unspecified atom stereocenters. The van der Waals surface area contributed by atoms with Crippen LogP contribution < -0.4 is 5.32 Å². The Kier molecular flexibility index (Phi) is 41.9. The van der Waals surface area contributed by atoms with Crippen LogP contribution >= 0.6 is 0 Å². The van der Waals surface area contributed by atoms with Gasteiger partial charge >= 0.3 is 0 Å². The van der Waals surface area contributed by atoms with Gasteiger partial charge in [-0.05, 0) is 70.6 Å². The topological polar surface area (TPSA) is 69.6 Å². The van der Waals surface area contributed by atoms with Crippen LogP contribution in [-0.2, 0) is 4.79 Å². The molecule has 0 aromatic heterocycles. The number of allylic oxidation sites excluding steroid dienone is 9. The van der Waals surface area contributed by atoms with Gasteiger partial charge in [0.1, 0.15) is 0 Å². The van der Waals surface area contributed by atoms with Crippen molar-refractivity contribution in [2.45, 2.75) is 231 Å². The molecule has 0 aliphatic rings. The Morgan fingerprint density at radius 1 is 0.462 bits per heavy atom. The molecule has 2 atom stereocenters. The molecule has 302 valence electrons. The van der Waals surface area contributed by atoms with Crippen LogP contribution in [0.5, 0.6) is 0 Å². The number of aliphatic hydroxyl groups is 2. The minimum absolute atomic E-state index is 0.0799. The largest absolute Gasteiger partial charge is 0.394 e. The predicted molar refractivity (Wildman–Crippen MR) is 230 cm³/mol. The Morgan fingerprint density at radius 3 is 1.25 bits per heavy atom. The molecule has 52 heavy (non-hydrogen) atoms. The van der Waals surface area contributed by atoms with Crippen LogP contribution in [0, 0.1) is 0 Å². The van der Waals surface area contributed by atoms with Crippen molar-refractivity contribution in [1.29, 1.82) is 0 Å². The molecule has 0 spiro atoms. The molecule has 0 saturated heterocycles. The SMILES string of the molecule is CCCCCCC/C=C\C/C=C\C/C=C\CCCCCCCCCCCCC(=O)NC(CO)C(O)/C=C/CC/C=C/CCCCCCCCCCC. The van der Waals surface area contributed by atoms with Gasteiger partial charge in [-0.25, -0.2) is 0 Å². The van der Waals surface area contributed by atoms with Crippen LogP contribution in [-0.4, -0.2) is 34.9 Å². The third-order valence-electron chi connectivity index (χ3n) is 9.97. The highest BCUT2D eigenvalue weighted by Crippen LogP contribution is 2.14. The lowest BCUT2D eigenvalue weighted by molar-refractivity contribution is -0.123. The van der Waals surface area contributed by atoms with Gasteiger partial charge in [-0.2, -0.15) is 0 Å². The highest BCUT2D eigenvalue weighted by atomic mass is 16.3. The highest BCUT2D eigenvalue weighted by Gasteiger charge is 2.17. The van der Waals surface area contributed by atoms with Gasteiger partial charge in [0.2, 0.25) is 5.91 Å². The number of aliphatic hydroxyl groups excluding tert-OH is 2. The molecule has 0 aliphatic carbocycles. The first-order valence-electron chi connectivity index (χ1n) is 22.5. The maximum absolute atomic E-state index is 12.4. The van der Waals surface area contributed by atoms with Gasteiger partial charge in [-0.3, -0.25) is 4.79 Å². The second kappa shape index (κ2) is 43.5. The number of hydrogen-bond donors (Lipinski definition) is 3. The van der Waals surface area contributed by atoms with E-state index in [1.807, 2.05) is 6.08 Å². The highest BCUT2D eigenvalue weighted by molar-refractivity contribution is 5.76. The summed E-state index contributed by atoms with van der Waals surface area (Å²) in [6, 6.07) is -0.642. The molecule has 0 saturated carbocycles. The Bertz CT molecular complexity index is 873. The third kappa shape index (κ3) is 39.3. The molecular formula is C48H87NO3. The van der Waals surface area contributed by atoms with Gasteiger partial charge in [0.15, 0.2) is 0 Å². The molecule has 0 aromatic rings. The molecular weight excluding hydrogens is 639 g/mol. The number of unbranched alkanes of at least 4 members (excludes halogenated alkanes) is 25. The summed E-state index contributed by atoms with van der Waals surface area (Å²) in [6.07, 6.45) is 60.4. The van der Waals surface area contributed by atoms with E-state index in [1.165, 1.54) is 154 Å². The monoisotopic (exact) mass is 726 g/mol. The number of nitrogens with one attached hydrogen (secondary N) is 1. The molecule has 0 fully saturated rings. The van der Waals surface area contributed by atoms with Crippen LogP contribution in [0.2, 0.25) is 0 Å². The fourth-order valence-corrected chi connectivity index (χ4v) is 6.49. The maximum Gasteiger partial charge on any atom is 0.220 e. The summed E-state index contributed by atoms with van der Waals surface area (Å²) in [5, 5.41) is 23.0. The first kappa shape index (κ1) is 50.1. The van der Waals surface area contributed by atoms with Crippen LogP contribution in [0.25, 0.3) is 0 Å². The average molecular weight is 726 g/mol. The van der Waals surface area contributed by atoms with Gasteiger partial charge in [0, 0.05) is 6.42 Å².